The molecule has 104 valence electrons. The Balaban J connectivity index is 2.02. The van der Waals surface area contributed by atoms with Gasteiger partial charge in [0.15, 0.2) is 0 Å². The number of hydrogen-bond acceptors (Lipinski definition) is 3. The smallest absolute Gasteiger partial charge is 0.339 e. The zero-order valence-corrected chi connectivity index (χ0v) is 11.5. The van der Waals surface area contributed by atoms with Crippen molar-refractivity contribution in [1.82, 2.24) is 4.98 Å². The van der Waals surface area contributed by atoms with Crippen molar-refractivity contribution in [3.63, 3.8) is 0 Å². The summed E-state index contributed by atoms with van der Waals surface area (Å²) in [5.74, 6) is -0.364. The molecule has 0 saturated heterocycles. The van der Waals surface area contributed by atoms with Crippen molar-refractivity contribution in [2.24, 2.45) is 0 Å². The molecule has 0 radical (unpaired) electrons. The Morgan fingerprint density at radius 3 is 2.81 bits per heavy atom. The minimum Gasteiger partial charge on any atom is -0.478 e. The summed E-state index contributed by atoms with van der Waals surface area (Å²) in [6.45, 7) is 0. The van der Waals surface area contributed by atoms with Crippen LogP contribution in [-0.2, 0) is 0 Å². The van der Waals surface area contributed by atoms with E-state index in [0.29, 0.717) is 10.8 Å². The average molecular weight is 300 g/mol. The molecule has 3 aromatic rings. The first-order valence-electron chi connectivity index (χ1n) is 6.19. The van der Waals surface area contributed by atoms with Gasteiger partial charge in [0.1, 0.15) is 17.1 Å². The van der Waals surface area contributed by atoms with Crippen molar-refractivity contribution in [2.45, 2.75) is 0 Å². The lowest BCUT2D eigenvalue weighted by Gasteiger charge is -2.09. The standard InChI is InChI=1S/C16H10ClNO3/c17-11-4-6-13(16(19)20)15(8-11)21-12-5-3-10-2-1-7-18-14(10)9-12/h1-9H,(H,19,20). The lowest BCUT2D eigenvalue weighted by atomic mass is 10.2. The van der Waals surface area contributed by atoms with E-state index in [0.717, 1.165) is 10.9 Å². The number of aromatic carboxylic acids is 1. The molecule has 2 aromatic carbocycles. The second-order valence-corrected chi connectivity index (χ2v) is 4.84. The highest BCUT2D eigenvalue weighted by Gasteiger charge is 2.13. The number of nitrogens with zero attached hydrogens (tertiary/aromatic N) is 1. The number of fused-ring (bicyclic) bond motifs is 1. The van der Waals surface area contributed by atoms with Gasteiger partial charge in [-0.05, 0) is 30.3 Å². The molecule has 0 atom stereocenters. The van der Waals surface area contributed by atoms with Crippen molar-refractivity contribution in [3.05, 3.63) is 65.3 Å². The van der Waals surface area contributed by atoms with Gasteiger partial charge < -0.3 is 9.84 Å². The summed E-state index contributed by atoms with van der Waals surface area (Å²) >= 11 is 5.90. The second kappa shape index (κ2) is 5.42. The molecule has 1 N–H and O–H groups in total. The van der Waals surface area contributed by atoms with Gasteiger partial charge in [-0.2, -0.15) is 0 Å². The van der Waals surface area contributed by atoms with Crippen molar-refractivity contribution in [3.8, 4) is 11.5 Å². The molecule has 1 heterocycles. The number of pyridine rings is 1. The predicted octanol–water partition coefficient (Wildman–Crippen LogP) is 4.38. The van der Waals surface area contributed by atoms with Crippen LogP contribution in [0.2, 0.25) is 5.02 Å². The molecule has 4 nitrogen and oxygen atoms in total. The second-order valence-electron chi connectivity index (χ2n) is 4.41. The minimum atomic E-state index is -1.07. The summed E-state index contributed by atoms with van der Waals surface area (Å²) in [6, 6.07) is 13.6. The molecule has 1 aromatic heterocycles. The van der Waals surface area contributed by atoms with Crippen LogP contribution in [0.5, 0.6) is 11.5 Å². The fourth-order valence-electron chi connectivity index (χ4n) is 1.99. The molecule has 0 aliphatic rings. The number of hydrogen-bond donors (Lipinski definition) is 1. The SMILES string of the molecule is O=C(O)c1ccc(Cl)cc1Oc1ccc2cccnc2c1. The van der Waals surface area contributed by atoms with Crippen LogP contribution in [0.1, 0.15) is 10.4 Å². The maximum atomic E-state index is 11.2. The normalized spacial score (nSPS) is 10.5. The van der Waals surface area contributed by atoms with Gasteiger partial charge in [-0.1, -0.05) is 17.7 Å². The molecule has 0 amide bonds. The Morgan fingerprint density at radius 2 is 2.00 bits per heavy atom. The zero-order valence-electron chi connectivity index (χ0n) is 10.8. The lowest BCUT2D eigenvalue weighted by Crippen LogP contribution is -1.99. The molecule has 5 heteroatoms. The molecule has 0 fully saturated rings. The molecular formula is C16H10ClNO3. The molecular weight excluding hydrogens is 290 g/mol. The van der Waals surface area contributed by atoms with E-state index in [4.69, 9.17) is 16.3 Å². The first kappa shape index (κ1) is 13.4. The Bertz CT molecular complexity index is 833. The van der Waals surface area contributed by atoms with Crippen molar-refractivity contribution < 1.29 is 14.6 Å². The van der Waals surface area contributed by atoms with Gasteiger partial charge in [0.25, 0.3) is 0 Å². The highest BCUT2D eigenvalue weighted by molar-refractivity contribution is 6.30. The van der Waals surface area contributed by atoms with Crippen LogP contribution in [0, 0.1) is 0 Å². The van der Waals surface area contributed by atoms with E-state index in [-0.39, 0.29) is 11.3 Å². The van der Waals surface area contributed by atoms with Crippen LogP contribution in [0.15, 0.2) is 54.7 Å². The maximum Gasteiger partial charge on any atom is 0.339 e. The van der Waals surface area contributed by atoms with Crippen LogP contribution in [0.25, 0.3) is 10.9 Å². The van der Waals surface area contributed by atoms with Gasteiger partial charge in [0.2, 0.25) is 0 Å². The lowest BCUT2D eigenvalue weighted by molar-refractivity contribution is 0.0694. The summed E-state index contributed by atoms with van der Waals surface area (Å²) in [5, 5.41) is 10.6. The first-order chi connectivity index (χ1) is 10.1. The van der Waals surface area contributed by atoms with Crippen LogP contribution >= 0.6 is 11.6 Å². The summed E-state index contributed by atoms with van der Waals surface area (Å²) in [7, 11) is 0. The molecule has 0 aliphatic heterocycles. The monoisotopic (exact) mass is 299 g/mol. The van der Waals surface area contributed by atoms with Crippen LogP contribution in [0.4, 0.5) is 0 Å². The third-order valence-corrected chi connectivity index (χ3v) is 3.21. The molecule has 0 aliphatic carbocycles. The van der Waals surface area contributed by atoms with Gasteiger partial charge in [0, 0.05) is 28.7 Å². The van der Waals surface area contributed by atoms with E-state index in [9.17, 15) is 9.90 Å². The van der Waals surface area contributed by atoms with Crippen LogP contribution in [0.3, 0.4) is 0 Å². The zero-order chi connectivity index (χ0) is 14.8. The highest BCUT2D eigenvalue weighted by atomic mass is 35.5. The third-order valence-electron chi connectivity index (χ3n) is 2.98. The van der Waals surface area contributed by atoms with Gasteiger partial charge >= 0.3 is 5.97 Å². The maximum absolute atomic E-state index is 11.2. The van der Waals surface area contributed by atoms with Crippen molar-refractivity contribution in [1.29, 1.82) is 0 Å². The number of aromatic nitrogens is 1. The fourth-order valence-corrected chi connectivity index (χ4v) is 2.16. The summed E-state index contributed by atoms with van der Waals surface area (Å²) in [5.41, 5.74) is 0.828. The topological polar surface area (TPSA) is 59.4 Å². The van der Waals surface area contributed by atoms with E-state index < -0.39 is 5.97 Å². The third kappa shape index (κ3) is 2.80. The van der Waals surface area contributed by atoms with E-state index in [2.05, 4.69) is 4.98 Å². The minimum absolute atomic E-state index is 0.0560. The predicted molar refractivity (Wildman–Crippen MR) is 80.2 cm³/mol. The number of benzene rings is 2. The summed E-state index contributed by atoms with van der Waals surface area (Å²) in [4.78, 5) is 15.4. The number of rotatable bonds is 3. The molecule has 0 saturated carbocycles. The number of halogens is 1. The van der Waals surface area contributed by atoms with E-state index in [1.807, 2.05) is 18.2 Å². The molecule has 21 heavy (non-hydrogen) atoms. The Kier molecular flexibility index (Phi) is 3.46. The quantitative estimate of drug-likeness (QED) is 0.779. The van der Waals surface area contributed by atoms with Crippen molar-refractivity contribution in [2.75, 3.05) is 0 Å². The average Bonchev–Trinajstić information content (AvgIpc) is 2.47. The van der Waals surface area contributed by atoms with Gasteiger partial charge in [0.05, 0.1) is 5.52 Å². The molecule has 0 bridgehead atoms. The number of ether oxygens (including phenoxy) is 1. The van der Waals surface area contributed by atoms with Gasteiger partial charge in [-0.25, -0.2) is 4.79 Å². The van der Waals surface area contributed by atoms with Gasteiger partial charge in [-0.3, -0.25) is 4.98 Å². The van der Waals surface area contributed by atoms with E-state index in [1.165, 1.54) is 18.2 Å². The number of carboxylic acid groups (broad SMARTS) is 1. The van der Waals surface area contributed by atoms with Crippen LogP contribution in [-0.4, -0.2) is 16.1 Å². The van der Waals surface area contributed by atoms with E-state index in [1.54, 1.807) is 18.3 Å². The van der Waals surface area contributed by atoms with Crippen LogP contribution < -0.4 is 4.74 Å². The Hall–Kier alpha value is -2.59. The molecule has 0 spiro atoms. The Labute approximate surface area is 125 Å². The Morgan fingerprint density at radius 1 is 1.14 bits per heavy atom. The highest BCUT2D eigenvalue weighted by Crippen LogP contribution is 2.30. The molecule has 3 rings (SSSR count). The fraction of sp³-hybridized carbons (Fsp3) is 0. The van der Waals surface area contributed by atoms with E-state index >= 15 is 0 Å². The summed E-state index contributed by atoms with van der Waals surface area (Å²) in [6.07, 6.45) is 1.69. The number of carbonyl (C=O) groups is 1. The van der Waals surface area contributed by atoms with Crippen molar-refractivity contribution >= 4 is 28.5 Å². The van der Waals surface area contributed by atoms with Gasteiger partial charge in [-0.15, -0.1) is 0 Å². The molecule has 0 unspecified atom stereocenters. The largest absolute Gasteiger partial charge is 0.478 e. The summed E-state index contributed by atoms with van der Waals surface area (Å²) < 4.78 is 5.65. The first-order valence-corrected chi connectivity index (χ1v) is 6.57. The number of carboxylic acids is 1.